The number of aryl methyl sites for hydroxylation is 1. The number of rotatable bonds is 8. The molecule has 9 nitrogen and oxygen atoms in total. The molecule has 0 radical (unpaired) electrons. The van der Waals surface area contributed by atoms with Crippen LogP contribution in [-0.2, 0) is 29.7 Å². The summed E-state index contributed by atoms with van der Waals surface area (Å²) < 4.78 is 46.2. The topological polar surface area (TPSA) is 87.3 Å². The third-order valence-electron chi connectivity index (χ3n) is 8.29. The number of ether oxygens (including phenoxy) is 2. The molecule has 0 bridgehead atoms. The Balaban J connectivity index is 1.50. The van der Waals surface area contributed by atoms with Gasteiger partial charge in [-0.25, -0.2) is 18.7 Å². The fraction of sp³-hybridized carbons (Fsp3) is 0.235. The number of thiophene rings is 1. The van der Waals surface area contributed by atoms with Gasteiger partial charge in [-0.1, -0.05) is 12.6 Å². The highest BCUT2D eigenvalue weighted by Crippen LogP contribution is 2.47. The van der Waals surface area contributed by atoms with Gasteiger partial charge in [-0.15, -0.1) is 11.3 Å². The lowest BCUT2D eigenvalue weighted by atomic mass is 9.96. The van der Waals surface area contributed by atoms with Gasteiger partial charge in [0, 0.05) is 53.5 Å². The van der Waals surface area contributed by atoms with Crippen LogP contribution in [0.25, 0.3) is 54.9 Å². The summed E-state index contributed by atoms with van der Waals surface area (Å²) in [5, 5.41) is 7.67. The van der Waals surface area contributed by atoms with E-state index >= 15 is 4.39 Å². The van der Waals surface area contributed by atoms with Gasteiger partial charge in [0.05, 0.1) is 54.0 Å². The number of benzene rings is 2. The molecule has 0 saturated heterocycles. The minimum Gasteiger partial charge on any atom is -0.490 e. The molecule has 234 valence electrons. The third kappa shape index (κ3) is 5.03. The molecule has 6 aromatic rings. The van der Waals surface area contributed by atoms with Gasteiger partial charge in [-0.05, 0) is 42.6 Å². The molecule has 0 aliphatic carbocycles. The molecule has 1 aliphatic heterocycles. The average molecular weight is 641 g/mol. The number of amides is 1. The number of halogens is 2. The highest BCUT2D eigenvalue weighted by Gasteiger charge is 2.30. The molecule has 1 amide bonds. The molecule has 4 aromatic heterocycles. The fourth-order valence-corrected chi connectivity index (χ4v) is 6.97. The first-order valence-electron chi connectivity index (χ1n) is 14.7. The van der Waals surface area contributed by atoms with E-state index in [4.69, 9.17) is 19.6 Å². The highest BCUT2D eigenvalue weighted by atomic mass is 32.1. The molecule has 1 aliphatic rings. The monoisotopic (exact) mass is 640 g/mol. The summed E-state index contributed by atoms with van der Waals surface area (Å²) in [5.74, 6) is -1.67. The zero-order valence-electron chi connectivity index (χ0n) is 25.5. The number of carbonyl (C=O) groups is 1. The Bertz CT molecular complexity index is 2150. The van der Waals surface area contributed by atoms with Crippen molar-refractivity contribution in [1.29, 1.82) is 0 Å². The minimum atomic E-state index is -0.783. The number of hydrogen-bond acceptors (Lipinski definition) is 7. The zero-order valence-corrected chi connectivity index (χ0v) is 26.3. The van der Waals surface area contributed by atoms with Crippen LogP contribution in [0, 0.1) is 11.6 Å². The molecular weight excluding hydrogens is 610 g/mol. The van der Waals surface area contributed by atoms with Crippen LogP contribution in [0.15, 0.2) is 66.8 Å². The third-order valence-corrected chi connectivity index (χ3v) is 9.22. The van der Waals surface area contributed by atoms with Crippen molar-refractivity contribution in [2.24, 2.45) is 7.05 Å². The number of aromatic nitrogens is 5. The Morgan fingerprint density at radius 3 is 2.78 bits per heavy atom. The smallest absolute Gasteiger partial charge is 0.246 e. The molecule has 0 N–H and O–H groups in total. The summed E-state index contributed by atoms with van der Waals surface area (Å²) in [6.07, 6.45) is 3.07. The van der Waals surface area contributed by atoms with Crippen molar-refractivity contribution in [2.45, 2.75) is 26.1 Å². The SMILES string of the molecule is C=CC(=O)N1Cc2cc(-c3nc(-c4ccc5ncn(C)c5c4)c4ccsc4c3-c3c(F)cc(F)cc3OCCOC)nn2CC1C. The van der Waals surface area contributed by atoms with Crippen molar-refractivity contribution in [3.63, 3.8) is 0 Å². The number of fused-ring (bicyclic) bond motifs is 3. The van der Waals surface area contributed by atoms with Gasteiger partial charge in [0.15, 0.2) is 0 Å². The Morgan fingerprint density at radius 1 is 1.13 bits per heavy atom. The van der Waals surface area contributed by atoms with Gasteiger partial charge in [0.1, 0.15) is 35.4 Å². The predicted molar refractivity (Wildman–Crippen MR) is 173 cm³/mol. The maximum Gasteiger partial charge on any atom is 0.246 e. The van der Waals surface area contributed by atoms with Crippen LogP contribution >= 0.6 is 11.3 Å². The minimum absolute atomic E-state index is 0.0386. The Morgan fingerprint density at radius 2 is 1.98 bits per heavy atom. The number of nitrogens with zero attached hydrogens (tertiary/aromatic N) is 6. The molecule has 2 aromatic carbocycles. The molecule has 0 fully saturated rings. The zero-order chi connectivity index (χ0) is 32.1. The largest absolute Gasteiger partial charge is 0.490 e. The highest BCUT2D eigenvalue weighted by molar-refractivity contribution is 7.18. The number of carbonyl (C=O) groups excluding carboxylic acids is 1. The summed E-state index contributed by atoms with van der Waals surface area (Å²) in [6, 6.07) is 11.7. The van der Waals surface area contributed by atoms with E-state index in [9.17, 15) is 9.18 Å². The summed E-state index contributed by atoms with van der Waals surface area (Å²) >= 11 is 1.43. The Kier molecular flexibility index (Phi) is 7.61. The van der Waals surface area contributed by atoms with Crippen LogP contribution in [0.3, 0.4) is 0 Å². The van der Waals surface area contributed by atoms with Gasteiger partial charge in [0.25, 0.3) is 0 Å². The van der Waals surface area contributed by atoms with E-state index in [1.165, 1.54) is 30.6 Å². The molecule has 7 rings (SSSR count). The van der Waals surface area contributed by atoms with Crippen LogP contribution in [0.2, 0.25) is 0 Å². The van der Waals surface area contributed by atoms with Crippen LogP contribution in [-0.4, -0.2) is 61.5 Å². The Labute approximate surface area is 267 Å². The molecule has 0 spiro atoms. The van der Waals surface area contributed by atoms with E-state index in [1.54, 1.807) is 11.2 Å². The van der Waals surface area contributed by atoms with Gasteiger partial charge in [-0.3, -0.25) is 9.48 Å². The van der Waals surface area contributed by atoms with Crippen LogP contribution in [0.1, 0.15) is 12.6 Å². The summed E-state index contributed by atoms with van der Waals surface area (Å²) in [4.78, 5) is 24.0. The van der Waals surface area contributed by atoms with E-state index in [-0.39, 0.29) is 36.5 Å². The van der Waals surface area contributed by atoms with Crippen molar-refractivity contribution in [1.82, 2.24) is 29.2 Å². The van der Waals surface area contributed by atoms with Crippen molar-refractivity contribution in [3.05, 3.63) is 84.2 Å². The van der Waals surface area contributed by atoms with Gasteiger partial charge in [0.2, 0.25) is 5.91 Å². The van der Waals surface area contributed by atoms with Crippen LogP contribution in [0.5, 0.6) is 5.75 Å². The first-order valence-corrected chi connectivity index (χ1v) is 15.6. The average Bonchev–Trinajstić information content (AvgIpc) is 3.78. The standard InChI is InChI=1S/C34H30F2N6O3S/c1-5-29(43)41-17-22-15-26(39-42(22)16-19(41)2)33-31(30-24(36)13-21(35)14-28(30)45-10-9-44-4)34-23(8-11-46-34)32(38-33)20-6-7-25-27(12-20)40(3)18-37-25/h5-8,11-15,18-19H,1,9-10,16-17H2,2-4H3. The van der Waals surface area contributed by atoms with Crippen molar-refractivity contribution >= 4 is 38.4 Å². The van der Waals surface area contributed by atoms with Gasteiger partial charge in [-0.2, -0.15) is 5.10 Å². The Hall–Kier alpha value is -4.94. The van der Waals surface area contributed by atoms with Gasteiger partial charge >= 0.3 is 0 Å². The predicted octanol–water partition coefficient (Wildman–Crippen LogP) is 6.60. The maximum atomic E-state index is 16.0. The molecule has 5 heterocycles. The van der Waals surface area contributed by atoms with E-state index in [1.807, 2.05) is 58.9 Å². The normalized spacial score (nSPS) is 14.6. The van der Waals surface area contributed by atoms with Crippen molar-refractivity contribution in [2.75, 3.05) is 20.3 Å². The summed E-state index contributed by atoms with van der Waals surface area (Å²) in [7, 11) is 3.46. The number of hydrogen-bond donors (Lipinski definition) is 0. The van der Waals surface area contributed by atoms with Crippen LogP contribution in [0.4, 0.5) is 8.78 Å². The number of imidazole rings is 1. The second kappa shape index (κ2) is 11.8. The van der Waals surface area contributed by atoms with Crippen LogP contribution < -0.4 is 4.74 Å². The molecular formula is C34H30F2N6O3S. The van der Waals surface area contributed by atoms with E-state index in [2.05, 4.69) is 11.6 Å². The van der Waals surface area contributed by atoms with E-state index in [0.29, 0.717) is 35.7 Å². The lowest BCUT2D eigenvalue weighted by molar-refractivity contribution is -0.129. The van der Waals surface area contributed by atoms with Crippen molar-refractivity contribution < 1.29 is 23.0 Å². The summed E-state index contributed by atoms with van der Waals surface area (Å²) in [6.45, 7) is 6.72. The van der Waals surface area contributed by atoms with E-state index < -0.39 is 11.6 Å². The molecule has 46 heavy (non-hydrogen) atoms. The fourth-order valence-electron chi connectivity index (χ4n) is 6.03. The lowest BCUT2D eigenvalue weighted by Gasteiger charge is -2.33. The molecule has 1 atom stereocenters. The lowest BCUT2D eigenvalue weighted by Crippen LogP contribution is -2.44. The molecule has 1 unspecified atom stereocenters. The van der Waals surface area contributed by atoms with Crippen molar-refractivity contribution in [3.8, 4) is 39.5 Å². The summed E-state index contributed by atoms with van der Waals surface area (Å²) in [5.41, 5.74) is 5.57. The number of pyridine rings is 1. The second-order valence-electron chi connectivity index (χ2n) is 11.2. The second-order valence-corrected chi connectivity index (χ2v) is 12.1. The first kappa shape index (κ1) is 29.8. The van der Waals surface area contributed by atoms with Gasteiger partial charge < -0.3 is 18.9 Å². The van der Waals surface area contributed by atoms with E-state index in [0.717, 1.165) is 38.4 Å². The molecule has 0 saturated carbocycles. The quantitative estimate of drug-likeness (QED) is 0.138. The first-order chi connectivity index (χ1) is 22.3. The molecule has 12 heteroatoms. The maximum absolute atomic E-state index is 16.0. The number of methoxy groups -OCH3 is 1.